The number of fused-ring (bicyclic) bond motifs is 1. The molecule has 1 aromatic heterocycles. The van der Waals surface area contributed by atoms with Crippen molar-refractivity contribution in [2.45, 2.75) is 33.2 Å². The van der Waals surface area contributed by atoms with Gasteiger partial charge >= 0.3 is 0 Å². The van der Waals surface area contributed by atoms with Gasteiger partial charge in [-0.05, 0) is 38.1 Å². The summed E-state index contributed by atoms with van der Waals surface area (Å²) >= 11 is 0. The van der Waals surface area contributed by atoms with E-state index in [1.165, 1.54) is 4.90 Å². The normalized spacial score (nSPS) is 12.8. The summed E-state index contributed by atoms with van der Waals surface area (Å²) in [5.74, 6) is -0.625. The molecule has 0 saturated carbocycles. The molecule has 0 spiro atoms. The number of aryl methyl sites for hydroxylation is 1. The van der Waals surface area contributed by atoms with E-state index in [0.717, 1.165) is 22.6 Å². The molecule has 0 fully saturated rings. The first-order valence-corrected chi connectivity index (χ1v) is 10.9. The number of hydrogen-bond donors (Lipinski definition) is 1. The van der Waals surface area contributed by atoms with Gasteiger partial charge in [-0.25, -0.2) is 4.68 Å². The summed E-state index contributed by atoms with van der Waals surface area (Å²) in [6, 6.07) is 17.0. The highest BCUT2D eigenvalue weighted by molar-refractivity contribution is 6.10. The Morgan fingerprint density at radius 3 is 2.48 bits per heavy atom. The number of carbonyl (C=O) groups excluding carboxylic acids is 3. The van der Waals surface area contributed by atoms with Crippen LogP contribution in [0.25, 0.3) is 5.69 Å². The molecule has 1 aliphatic rings. The molecular formula is C25H27N5O3. The minimum Gasteiger partial charge on any atom is -0.341 e. The highest BCUT2D eigenvalue weighted by atomic mass is 16.2. The number of hydrogen-bond acceptors (Lipinski definition) is 4. The standard InChI is InChI=1S/C25H27N5O3/c1-17-20(18(2)30(27-17)19-9-5-4-6-10-19)15-28(3)24(32)13-14-25(33)29-16-23(31)26-21-11-7-8-12-22(21)29/h4-12H,13-16H2,1-3H3,(H,26,31). The molecule has 2 aromatic carbocycles. The van der Waals surface area contributed by atoms with Gasteiger partial charge in [0.15, 0.2) is 0 Å². The minimum absolute atomic E-state index is 0.0338. The zero-order valence-corrected chi connectivity index (χ0v) is 19.0. The van der Waals surface area contributed by atoms with Crippen molar-refractivity contribution in [3.63, 3.8) is 0 Å². The molecule has 1 N–H and O–H groups in total. The Labute approximate surface area is 192 Å². The molecule has 0 unspecified atom stereocenters. The Bertz CT molecular complexity index is 1200. The summed E-state index contributed by atoms with van der Waals surface area (Å²) in [7, 11) is 1.73. The van der Waals surface area contributed by atoms with Crippen LogP contribution in [0.15, 0.2) is 54.6 Å². The van der Waals surface area contributed by atoms with Gasteiger partial charge in [-0.3, -0.25) is 14.4 Å². The second kappa shape index (κ2) is 9.28. The highest BCUT2D eigenvalue weighted by Gasteiger charge is 2.27. The zero-order chi connectivity index (χ0) is 23.5. The van der Waals surface area contributed by atoms with Crippen molar-refractivity contribution in [2.24, 2.45) is 0 Å². The second-order valence-electron chi connectivity index (χ2n) is 8.19. The van der Waals surface area contributed by atoms with Crippen LogP contribution in [0, 0.1) is 13.8 Å². The molecule has 33 heavy (non-hydrogen) atoms. The van der Waals surface area contributed by atoms with Gasteiger partial charge in [0, 0.05) is 37.7 Å². The molecule has 2 heterocycles. The van der Waals surface area contributed by atoms with E-state index in [-0.39, 0.29) is 37.1 Å². The fourth-order valence-corrected chi connectivity index (χ4v) is 4.05. The van der Waals surface area contributed by atoms with Crippen molar-refractivity contribution in [3.8, 4) is 5.69 Å². The van der Waals surface area contributed by atoms with E-state index in [9.17, 15) is 14.4 Å². The van der Waals surface area contributed by atoms with Crippen molar-refractivity contribution in [3.05, 3.63) is 71.5 Å². The van der Waals surface area contributed by atoms with E-state index < -0.39 is 0 Å². The summed E-state index contributed by atoms with van der Waals surface area (Å²) in [5, 5.41) is 7.40. The number of anilines is 2. The molecule has 0 saturated heterocycles. The molecule has 8 heteroatoms. The number of nitrogens with zero attached hydrogens (tertiary/aromatic N) is 4. The Kier molecular flexibility index (Phi) is 6.26. The molecule has 4 rings (SSSR count). The third-order valence-corrected chi connectivity index (χ3v) is 5.89. The van der Waals surface area contributed by atoms with Crippen LogP contribution in [-0.4, -0.2) is 46.0 Å². The van der Waals surface area contributed by atoms with Crippen LogP contribution in [0.1, 0.15) is 29.8 Å². The van der Waals surface area contributed by atoms with Crippen LogP contribution >= 0.6 is 0 Å². The lowest BCUT2D eigenvalue weighted by molar-refractivity contribution is -0.132. The molecular weight excluding hydrogens is 418 g/mol. The van der Waals surface area contributed by atoms with E-state index in [1.54, 1.807) is 30.1 Å². The van der Waals surface area contributed by atoms with Gasteiger partial charge in [0.05, 0.1) is 22.8 Å². The van der Waals surface area contributed by atoms with E-state index in [4.69, 9.17) is 0 Å². The van der Waals surface area contributed by atoms with Crippen molar-refractivity contribution in [2.75, 3.05) is 23.8 Å². The van der Waals surface area contributed by atoms with Gasteiger partial charge in [-0.1, -0.05) is 30.3 Å². The summed E-state index contributed by atoms with van der Waals surface area (Å²) in [6.45, 7) is 4.29. The maximum Gasteiger partial charge on any atom is 0.244 e. The quantitative estimate of drug-likeness (QED) is 0.631. The van der Waals surface area contributed by atoms with Gasteiger partial charge in [0.1, 0.15) is 6.54 Å². The minimum atomic E-state index is -0.247. The third kappa shape index (κ3) is 4.64. The Morgan fingerprint density at radius 1 is 1.03 bits per heavy atom. The predicted octanol–water partition coefficient (Wildman–Crippen LogP) is 3.21. The van der Waals surface area contributed by atoms with Crippen molar-refractivity contribution in [1.29, 1.82) is 0 Å². The number of rotatable bonds is 6. The van der Waals surface area contributed by atoms with Gasteiger partial charge < -0.3 is 15.1 Å². The predicted molar refractivity (Wildman–Crippen MR) is 126 cm³/mol. The molecule has 0 bridgehead atoms. The largest absolute Gasteiger partial charge is 0.341 e. The van der Waals surface area contributed by atoms with Crippen LogP contribution in [0.3, 0.4) is 0 Å². The number of nitrogens with one attached hydrogen (secondary N) is 1. The molecule has 3 amide bonds. The molecule has 3 aromatic rings. The number of carbonyl (C=O) groups is 3. The van der Waals surface area contributed by atoms with E-state index in [2.05, 4.69) is 10.4 Å². The van der Waals surface area contributed by atoms with Crippen LogP contribution in [-0.2, 0) is 20.9 Å². The lowest BCUT2D eigenvalue weighted by atomic mass is 10.1. The Morgan fingerprint density at radius 2 is 1.73 bits per heavy atom. The smallest absolute Gasteiger partial charge is 0.244 e. The van der Waals surface area contributed by atoms with Gasteiger partial charge in [-0.2, -0.15) is 5.10 Å². The maximum atomic E-state index is 12.8. The first-order chi connectivity index (χ1) is 15.8. The summed E-state index contributed by atoms with van der Waals surface area (Å²) < 4.78 is 1.88. The average Bonchev–Trinajstić information content (AvgIpc) is 3.10. The SMILES string of the molecule is Cc1nn(-c2ccccc2)c(C)c1CN(C)C(=O)CCC(=O)N1CC(=O)Nc2ccccc21. The number of amides is 3. The van der Waals surface area contributed by atoms with Crippen LogP contribution < -0.4 is 10.2 Å². The number of aromatic nitrogens is 2. The molecule has 170 valence electrons. The van der Waals surface area contributed by atoms with Gasteiger partial charge in [0.25, 0.3) is 0 Å². The zero-order valence-electron chi connectivity index (χ0n) is 19.0. The average molecular weight is 446 g/mol. The fourth-order valence-electron chi connectivity index (χ4n) is 4.05. The van der Waals surface area contributed by atoms with Crippen molar-refractivity contribution < 1.29 is 14.4 Å². The first-order valence-electron chi connectivity index (χ1n) is 10.9. The molecule has 0 radical (unpaired) electrons. The lowest BCUT2D eigenvalue weighted by Gasteiger charge is -2.29. The van der Waals surface area contributed by atoms with Gasteiger partial charge in [0.2, 0.25) is 17.7 Å². The second-order valence-corrected chi connectivity index (χ2v) is 8.19. The summed E-state index contributed by atoms with van der Waals surface area (Å²) in [4.78, 5) is 40.7. The highest BCUT2D eigenvalue weighted by Crippen LogP contribution is 2.29. The number of para-hydroxylation sites is 3. The topological polar surface area (TPSA) is 87.5 Å². The molecule has 0 atom stereocenters. The maximum absolute atomic E-state index is 12.8. The van der Waals surface area contributed by atoms with Crippen molar-refractivity contribution >= 4 is 29.1 Å². The van der Waals surface area contributed by atoms with Crippen molar-refractivity contribution in [1.82, 2.24) is 14.7 Å². The van der Waals surface area contributed by atoms with Crippen LogP contribution in [0.2, 0.25) is 0 Å². The van der Waals surface area contributed by atoms with E-state index >= 15 is 0 Å². The van der Waals surface area contributed by atoms with Crippen LogP contribution in [0.5, 0.6) is 0 Å². The third-order valence-electron chi connectivity index (χ3n) is 5.89. The molecule has 1 aliphatic heterocycles. The molecule has 0 aliphatic carbocycles. The van der Waals surface area contributed by atoms with Crippen LogP contribution in [0.4, 0.5) is 11.4 Å². The van der Waals surface area contributed by atoms with E-state index in [1.807, 2.05) is 54.9 Å². The van der Waals surface area contributed by atoms with Gasteiger partial charge in [-0.15, -0.1) is 0 Å². The lowest BCUT2D eigenvalue weighted by Crippen LogP contribution is -2.42. The monoisotopic (exact) mass is 445 g/mol. The number of benzene rings is 2. The summed E-state index contributed by atoms with van der Waals surface area (Å²) in [5.41, 5.74) is 5.06. The first kappa shape index (κ1) is 22.3. The summed E-state index contributed by atoms with van der Waals surface area (Å²) in [6.07, 6.45) is 0.104. The Balaban J connectivity index is 1.40. The molecule has 8 nitrogen and oxygen atoms in total. The fraction of sp³-hybridized carbons (Fsp3) is 0.280. The Hall–Kier alpha value is -3.94. The van der Waals surface area contributed by atoms with E-state index in [0.29, 0.717) is 17.9 Å².